The molecular weight excluding hydrogens is 132 g/mol. The van der Waals surface area contributed by atoms with Crippen LogP contribution in [0, 0.1) is 5.41 Å². The van der Waals surface area contributed by atoms with E-state index < -0.39 is 0 Å². The first kappa shape index (κ1) is 7.64. The molecule has 0 unspecified atom stereocenters. The van der Waals surface area contributed by atoms with Crippen molar-refractivity contribution in [2.24, 2.45) is 5.41 Å². The molecule has 0 aromatic carbocycles. The molecule has 0 saturated heterocycles. The van der Waals surface area contributed by atoms with Crippen molar-refractivity contribution in [1.29, 1.82) is 0 Å². The molecule has 0 aliphatic heterocycles. The van der Waals surface area contributed by atoms with Gasteiger partial charge < -0.3 is 0 Å². The predicted octanol–water partition coefficient (Wildman–Crippen LogP) is 3.90. The summed E-state index contributed by atoms with van der Waals surface area (Å²) in [4.78, 5) is 0. The lowest BCUT2D eigenvalue weighted by Crippen LogP contribution is -2.14. The summed E-state index contributed by atoms with van der Waals surface area (Å²) in [6, 6.07) is 0. The Kier molecular flexibility index (Phi) is 2.20. The van der Waals surface area contributed by atoms with Crippen LogP contribution in [0.1, 0.15) is 64.2 Å². The number of hydrogen-bond acceptors (Lipinski definition) is 0. The molecular formula is C11H20. The van der Waals surface area contributed by atoms with E-state index >= 15 is 0 Å². The first-order valence-electron chi connectivity index (χ1n) is 5.41. The molecule has 0 aromatic heterocycles. The van der Waals surface area contributed by atoms with Crippen LogP contribution in [0.25, 0.3) is 0 Å². The SMILES string of the molecule is C1CCCC2(CC1)CCCC2. The summed E-state index contributed by atoms with van der Waals surface area (Å²) >= 11 is 0. The van der Waals surface area contributed by atoms with Crippen LogP contribution in [0.15, 0.2) is 0 Å². The van der Waals surface area contributed by atoms with Crippen molar-refractivity contribution in [2.45, 2.75) is 64.2 Å². The maximum absolute atomic E-state index is 1.56. The fraction of sp³-hybridized carbons (Fsp3) is 1.00. The third kappa shape index (κ3) is 1.60. The fourth-order valence-electron chi connectivity index (χ4n) is 3.10. The third-order valence-electron chi connectivity index (χ3n) is 3.83. The smallest absolute Gasteiger partial charge is 0.0297 e. The zero-order valence-electron chi connectivity index (χ0n) is 7.57. The molecule has 0 amide bonds. The van der Waals surface area contributed by atoms with Crippen LogP contribution < -0.4 is 0 Å². The van der Waals surface area contributed by atoms with E-state index in [4.69, 9.17) is 0 Å². The molecule has 2 saturated carbocycles. The summed E-state index contributed by atoms with van der Waals surface area (Å²) in [6.07, 6.45) is 15.4. The summed E-state index contributed by atoms with van der Waals surface area (Å²) in [5.74, 6) is 0. The third-order valence-corrected chi connectivity index (χ3v) is 3.83. The predicted molar refractivity (Wildman–Crippen MR) is 48.6 cm³/mol. The zero-order valence-corrected chi connectivity index (χ0v) is 7.57. The lowest BCUT2D eigenvalue weighted by atomic mass is 9.79. The van der Waals surface area contributed by atoms with Crippen molar-refractivity contribution in [3.63, 3.8) is 0 Å². The van der Waals surface area contributed by atoms with Gasteiger partial charge in [-0.05, 0) is 31.1 Å². The Balaban J connectivity index is 1.97. The van der Waals surface area contributed by atoms with Crippen LogP contribution in [-0.4, -0.2) is 0 Å². The maximum Gasteiger partial charge on any atom is -0.0297 e. The molecule has 0 N–H and O–H groups in total. The summed E-state index contributed by atoms with van der Waals surface area (Å²) < 4.78 is 0. The first-order valence-corrected chi connectivity index (χ1v) is 5.41. The average Bonchev–Trinajstić information content (AvgIpc) is 2.32. The van der Waals surface area contributed by atoms with Gasteiger partial charge in [0.1, 0.15) is 0 Å². The van der Waals surface area contributed by atoms with Crippen molar-refractivity contribution in [2.75, 3.05) is 0 Å². The highest BCUT2D eigenvalue weighted by Gasteiger charge is 2.33. The lowest BCUT2D eigenvalue weighted by molar-refractivity contribution is 0.253. The van der Waals surface area contributed by atoms with Crippen LogP contribution >= 0.6 is 0 Å². The van der Waals surface area contributed by atoms with Gasteiger partial charge in [0.2, 0.25) is 0 Å². The molecule has 64 valence electrons. The van der Waals surface area contributed by atoms with Crippen molar-refractivity contribution in [3.05, 3.63) is 0 Å². The van der Waals surface area contributed by atoms with E-state index in [1.165, 1.54) is 38.5 Å². The van der Waals surface area contributed by atoms with E-state index in [2.05, 4.69) is 0 Å². The summed E-state index contributed by atoms with van der Waals surface area (Å²) in [7, 11) is 0. The Bertz CT molecular complexity index is 110. The Labute approximate surface area is 70.4 Å². The highest BCUT2D eigenvalue weighted by Crippen LogP contribution is 2.47. The largest absolute Gasteiger partial charge is 0.0533 e. The van der Waals surface area contributed by atoms with Crippen molar-refractivity contribution < 1.29 is 0 Å². The second kappa shape index (κ2) is 3.16. The standard InChI is InChI=1S/C11H20/c1-2-4-8-11(7-3-1)9-5-6-10-11/h1-10H2. The Morgan fingerprint density at radius 3 is 1.27 bits per heavy atom. The Morgan fingerprint density at radius 2 is 0.818 bits per heavy atom. The molecule has 2 rings (SSSR count). The molecule has 0 atom stereocenters. The van der Waals surface area contributed by atoms with Crippen molar-refractivity contribution >= 4 is 0 Å². The number of hydrogen-bond donors (Lipinski definition) is 0. The molecule has 1 spiro atoms. The second-order valence-electron chi connectivity index (χ2n) is 4.62. The van der Waals surface area contributed by atoms with Crippen molar-refractivity contribution in [1.82, 2.24) is 0 Å². The highest BCUT2D eigenvalue weighted by molar-refractivity contribution is 4.85. The second-order valence-corrected chi connectivity index (χ2v) is 4.62. The minimum absolute atomic E-state index is 0.858. The molecule has 2 fully saturated rings. The summed E-state index contributed by atoms with van der Waals surface area (Å²) in [5.41, 5.74) is 0.858. The average molecular weight is 152 g/mol. The van der Waals surface area contributed by atoms with E-state index in [0.717, 1.165) is 5.41 Å². The van der Waals surface area contributed by atoms with Gasteiger partial charge in [0, 0.05) is 0 Å². The molecule has 0 radical (unpaired) electrons. The van der Waals surface area contributed by atoms with E-state index in [9.17, 15) is 0 Å². The first-order chi connectivity index (χ1) is 5.41. The minimum Gasteiger partial charge on any atom is -0.0533 e. The monoisotopic (exact) mass is 152 g/mol. The van der Waals surface area contributed by atoms with Crippen LogP contribution in [0.3, 0.4) is 0 Å². The van der Waals surface area contributed by atoms with Gasteiger partial charge in [-0.15, -0.1) is 0 Å². The van der Waals surface area contributed by atoms with Gasteiger partial charge in [-0.3, -0.25) is 0 Å². The van der Waals surface area contributed by atoms with Gasteiger partial charge in [-0.1, -0.05) is 38.5 Å². The van der Waals surface area contributed by atoms with Gasteiger partial charge in [0.25, 0.3) is 0 Å². The molecule has 0 nitrogen and oxygen atoms in total. The van der Waals surface area contributed by atoms with E-state index in [-0.39, 0.29) is 0 Å². The van der Waals surface area contributed by atoms with Gasteiger partial charge in [-0.2, -0.15) is 0 Å². The lowest BCUT2D eigenvalue weighted by Gasteiger charge is -2.26. The topological polar surface area (TPSA) is 0 Å². The van der Waals surface area contributed by atoms with Gasteiger partial charge in [-0.25, -0.2) is 0 Å². The van der Waals surface area contributed by atoms with Gasteiger partial charge in [0.05, 0.1) is 0 Å². The quantitative estimate of drug-likeness (QED) is 0.494. The fourth-order valence-corrected chi connectivity index (χ4v) is 3.10. The highest BCUT2D eigenvalue weighted by atomic mass is 14.4. The summed E-state index contributed by atoms with van der Waals surface area (Å²) in [6.45, 7) is 0. The van der Waals surface area contributed by atoms with E-state index in [0.29, 0.717) is 0 Å². The Morgan fingerprint density at radius 1 is 0.455 bits per heavy atom. The van der Waals surface area contributed by atoms with Crippen LogP contribution in [0.5, 0.6) is 0 Å². The molecule has 11 heavy (non-hydrogen) atoms. The minimum atomic E-state index is 0.858. The molecule has 0 heteroatoms. The molecule has 0 bridgehead atoms. The normalized spacial score (nSPS) is 30.5. The van der Waals surface area contributed by atoms with Crippen LogP contribution in [-0.2, 0) is 0 Å². The molecule has 2 aliphatic carbocycles. The van der Waals surface area contributed by atoms with E-state index in [1.54, 1.807) is 25.7 Å². The molecule has 0 aromatic rings. The number of rotatable bonds is 0. The van der Waals surface area contributed by atoms with Crippen LogP contribution in [0.2, 0.25) is 0 Å². The zero-order chi connectivity index (χ0) is 7.57. The van der Waals surface area contributed by atoms with Crippen LogP contribution in [0.4, 0.5) is 0 Å². The summed E-state index contributed by atoms with van der Waals surface area (Å²) in [5, 5.41) is 0. The molecule has 2 aliphatic rings. The van der Waals surface area contributed by atoms with Gasteiger partial charge in [0.15, 0.2) is 0 Å². The Hall–Kier alpha value is 0. The van der Waals surface area contributed by atoms with Gasteiger partial charge >= 0.3 is 0 Å². The molecule has 0 heterocycles. The van der Waals surface area contributed by atoms with E-state index in [1.807, 2.05) is 0 Å². The van der Waals surface area contributed by atoms with Crippen molar-refractivity contribution in [3.8, 4) is 0 Å². The maximum atomic E-state index is 1.56.